The number of hydrogen-bond donors (Lipinski definition) is 2. The van der Waals surface area contributed by atoms with Gasteiger partial charge in [-0.1, -0.05) is 69.9 Å². The van der Waals surface area contributed by atoms with Crippen molar-refractivity contribution >= 4 is 29.0 Å². The lowest BCUT2D eigenvalue weighted by atomic mass is 9.64. The second-order valence-corrected chi connectivity index (χ2v) is 19.4. The highest BCUT2D eigenvalue weighted by molar-refractivity contribution is 7.09. The van der Waals surface area contributed by atoms with Gasteiger partial charge in [0.25, 0.3) is 5.91 Å². The molecule has 0 spiro atoms. The summed E-state index contributed by atoms with van der Waals surface area (Å²) in [6.45, 7) is 10.8. The average molecular weight is 744 g/mol. The monoisotopic (exact) mass is 743 g/mol. The van der Waals surface area contributed by atoms with Crippen LogP contribution in [0.4, 0.5) is 0 Å². The van der Waals surface area contributed by atoms with E-state index >= 15 is 4.79 Å². The van der Waals surface area contributed by atoms with Crippen LogP contribution in [0.25, 0.3) is 0 Å². The number of carbonyl (C=O) groups excluding carboxylic acids is 3. The number of amides is 1. The molecule has 3 saturated carbocycles. The molecule has 1 amide bonds. The number of carbonyl (C=O) groups is 3. The lowest BCUT2D eigenvalue weighted by Gasteiger charge is -2.47. The van der Waals surface area contributed by atoms with Crippen LogP contribution in [0.1, 0.15) is 150 Å². The fourth-order valence-corrected chi connectivity index (χ4v) is 11.7. The standard InChI is InChI=1S/C45H61NO6S/c1-30-11-9-21-42(4)37(35-18-16-31(27-33(47)17-15-30)28-36(35)38(48)32-12-7-6-8-13-32)19-22-44(42,51)29-46(25-20-34-14-10-26-53-34)39(49)45-24-23-43(5,40(50)52-45)41(45,2)3/h10-11,14,16,18,26,28,32-33,37,47,51H,6-9,12-13,15,17,19-25,27,29H2,1-5H3/t33-,37-,42-,43-,44+,45+/m0/s1. The third-order valence-electron chi connectivity index (χ3n) is 15.3. The largest absolute Gasteiger partial charge is 0.448 e. The van der Waals surface area contributed by atoms with Gasteiger partial charge in [0.05, 0.1) is 23.7 Å². The zero-order valence-electron chi connectivity index (χ0n) is 32.7. The van der Waals surface area contributed by atoms with Crippen LogP contribution in [-0.2, 0) is 27.2 Å². The molecule has 2 aromatic rings. The first-order chi connectivity index (χ1) is 25.1. The number of ether oxygens (including phenoxy) is 1. The van der Waals surface area contributed by atoms with Crippen molar-refractivity contribution in [2.75, 3.05) is 13.1 Å². The van der Waals surface area contributed by atoms with Crippen molar-refractivity contribution in [1.29, 1.82) is 0 Å². The van der Waals surface area contributed by atoms with Gasteiger partial charge >= 0.3 is 5.97 Å². The van der Waals surface area contributed by atoms with Gasteiger partial charge in [0.1, 0.15) is 0 Å². The number of Topliss-reactive ketones (excluding diaryl/α,β-unsaturated/α-hetero) is 1. The van der Waals surface area contributed by atoms with Gasteiger partial charge in [-0.2, -0.15) is 0 Å². The van der Waals surface area contributed by atoms with E-state index < -0.39 is 33.6 Å². The van der Waals surface area contributed by atoms with Crippen LogP contribution >= 0.6 is 11.3 Å². The molecule has 7 nitrogen and oxygen atoms in total. The minimum absolute atomic E-state index is 0.00197. The lowest BCUT2D eigenvalue weighted by Crippen LogP contribution is -2.60. The Morgan fingerprint density at radius 1 is 0.981 bits per heavy atom. The number of hydrogen-bond acceptors (Lipinski definition) is 7. The van der Waals surface area contributed by atoms with Crippen LogP contribution in [-0.4, -0.2) is 63.2 Å². The third-order valence-corrected chi connectivity index (χ3v) is 16.2. The van der Waals surface area contributed by atoms with Crippen LogP contribution in [0.3, 0.4) is 0 Å². The van der Waals surface area contributed by atoms with E-state index in [0.29, 0.717) is 57.9 Å². The van der Waals surface area contributed by atoms with Gasteiger partial charge in [-0.25, -0.2) is 0 Å². The molecule has 4 bridgehead atoms. The Kier molecular flexibility index (Phi) is 10.4. The number of nitrogens with zero attached hydrogens (tertiary/aromatic N) is 1. The minimum atomic E-state index is -1.27. The number of allylic oxidation sites excluding steroid dienone is 2. The number of esters is 1. The molecule has 5 aliphatic carbocycles. The van der Waals surface area contributed by atoms with E-state index in [4.69, 9.17) is 4.74 Å². The fourth-order valence-electron chi connectivity index (χ4n) is 11.0. The molecule has 2 heterocycles. The number of fused-ring (bicyclic) bond motifs is 10. The molecule has 0 unspecified atom stereocenters. The zero-order valence-corrected chi connectivity index (χ0v) is 33.5. The van der Waals surface area contributed by atoms with Gasteiger partial charge in [0.15, 0.2) is 11.4 Å². The highest BCUT2D eigenvalue weighted by Gasteiger charge is 2.76. The molecular weight excluding hydrogens is 683 g/mol. The van der Waals surface area contributed by atoms with Crippen molar-refractivity contribution in [3.63, 3.8) is 0 Å². The molecule has 8 heteroatoms. The van der Waals surface area contributed by atoms with Crippen molar-refractivity contribution in [2.24, 2.45) is 22.2 Å². The molecule has 288 valence electrons. The van der Waals surface area contributed by atoms with Gasteiger partial charge in [-0.3, -0.25) is 14.4 Å². The number of ketones is 1. The van der Waals surface area contributed by atoms with Crippen LogP contribution in [0.15, 0.2) is 47.4 Å². The van der Waals surface area contributed by atoms with Gasteiger partial charge in [-0.15, -0.1) is 11.3 Å². The van der Waals surface area contributed by atoms with E-state index in [0.717, 1.165) is 60.1 Å². The van der Waals surface area contributed by atoms with Crippen molar-refractivity contribution < 1.29 is 29.3 Å². The fraction of sp³-hybridized carbons (Fsp3) is 0.667. The number of rotatable bonds is 8. The maximum absolute atomic E-state index is 15.1. The first-order valence-corrected chi connectivity index (χ1v) is 21.3. The summed E-state index contributed by atoms with van der Waals surface area (Å²) in [5.74, 6) is -0.391. The molecular formula is C45H61NO6S. The topological polar surface area (TPSA) is 104 Å². The van der Waals surface area contributed by atoms with Gasteiger partial charge in [0, 0.05) is 33.7 Å². The molecule has 1 saturated heterocycles. The second kappa shape index (κ2) is 14.4. The Morgan fingerprint density at radius 2 is 1.75 bits per heavy atom. The van der Waals surface area contributed by atoms with Crippen molar-refractivity contribution in [1.82, 2.24) is 4.90 Å². The Balaban J connectivity index is 1.29. The normalized spacial score (nSPS) is 34.3. The SMILES string of the molecule is CC1=CCC[C@@]2(C)[C@@H](CC[C@@]2(O)CN(CCc2cccs2)C(=O)[C@@]23CC[C@@](C)(C(=O)O2)C3(C)C)c2ccc(cc2C(=O)C2CCCCC2)C[C@@H](O)CC1. The number of aliphatic hydroxyl groups is 2. The number of aliphatic hydroxyl groups excluding tert-OH is 1. The summed E-state index contributed by atoms with van der Waals surface area (Å²) in [5.41, 5.74) is -0.648. The highest BCUT2D eigenvalue weighted by atomic mass is 32.1. The van der Waals surface area contributed by atoms with Gasteiger partial charge in [0.2, 0.25) is 0 Å². The second-order valence-electron chi connectivity index (χ2n) is 18.4. The molecule has 6 atom stereocenters. The summed E-state index contributed by atoms with van der Waals surface area (Å²) in [4.78, 5) is 45.9. The molecule has 1 aromatic carbocycles. The predicted molar refractivity (Wildman–Crippen MR) is 209 cm³/mol. The third kappa shape index (κ3) is 6.46. The summed E-state index contributed by atoms with van der Waals surface area (Å²) in [5, 5.41) is 26.3. The summed E-state index contributed by atoms with van der Waals surface area (Å²) in [6, 6.07) is 10.4. The van der Waals surface area contributed by atoms with Crippen LogP contribution in [0.2, 0.25) is 0 Å². The van der Waals surface area contributed by atoms with E-state index in [9.17, 15) is 19.8 Å². The molecule has 0 radical (unpaired) electrons. The zero-order chi connectivity index (χ0) is 37.8. The first kappa shape index (κ1) is 38.5. The highest BCUT2D eigenvalue weighted by Crippen LogP contribution is 2.66. The maximum atomic E-state index is 15.1. The Hall–Kier alpha value is -2.81. The van der Waals surface area contributed by atoms with Crippen molar-refractivity contribution in [3.05, 3.63) is 68.9 Å². The summed E-state index contributed by atoms with van der Waals surface area (Å²) < 4.78 is 6.15. The Morgan fingerprint density at radius 3 is 2.43 bits per heavy atom. The van der Waals surface area contributed by atoms with Crippen molar-refractivity contribution in [2.45, 2.75) is 154 Å². The molecule has 8 rings (SSSR count). The lowest BCUT2D eigenvalue weighted by molar-refractivity contribution is -0.177. The average Bonchev–Trinajstić information content (AvgIpc) is 3.83. The number of benzene rings is 1. The van der Waals surface area contributed by atoms with Gasteiger partial charge < -0.3 is 19.8 Å². The van der Waals surface area contributed by atoms with E-state index in [1.54, 1.807) is 11.3 Å². The Labute approximate surface area is 320 Å². The Bertz CT molecular complexity index is 1740. The van der Waals surface area contributed by atoms with Gasteiger partial charge in [-0.05, 0) is 125 Å². The van der Waals surface area contributed by atoms with Crippen LogP contribution in [0.5, 0.6) is 0 Å². The quantitative estimate of drug-likeness (QED) is 0.159. The van der Waals surface area contributed by atoms with Crippen LogP contribution in [0, 0.1) is 22.2 Å². The number of thiophene rings is 1. The minimum Gasteiger partial charge on any atom is -0.448 e. The van der Waals surface area contributed by atoms with E-state index in [2.05, 4.69) is 44.2 Å². The smallest absolute Gasteiger partial charge is 0.313 e. The molecule has 2 N–H and O–H groups in total. The summed E-state index contributed by atoms with van der Waals surface area (Å²) in [7, 11) is 0. The van der Waals surface area contributed by atoms with E-state index in [1.807, 2.05) is 37.1 Å². The molecule has 1 aromatic heterocycles. The molecule has 6 aliphatic rings. The van der Waals surface area contributed by atoms with E-state index in [1.165, 1.54) is 12.0 Å². The maximum Gasteiger partial charge on any atom is 0.313 e. The summed E-state index contributed by atoms with van der Waals surface area (Å²) in [6.07, 6.45) is 13.2. The summed E-state index contributed by atoms with van der Waals surface area (Å²) >= 11 is 1.66. The van der Waals surface area contributed by atoms with Crippen LogP contribution < -0.4 is 0 Å². The first-order valence-electron chi connectivity index (χ1n) is 20.4. The predicted octanol–water partition coefficient (Wildman–Crippen LogP) is 8.74. The van der Waals surface area contributed by atoms with Crippen molar-refractivity contribution in [3.8, 4) is 0 Å². The molecule has 53 heavy (non-hydrogen) atoms. The van der Waals surface area contributed by atoms with E-state index in [-0.39, 0.29) is 36.0 Å². The molecule has 4 fully saturated rings. The molecule has 1 aliphatic heterocycles.